The third kappa shape index (κ3) is 7.34. The minimum absolute atomic E-state index is 0.0161. The molecule has 3 amide bonds. The number of anilines is 1. The van der Waals surface area contributed by atoms with Gasteiger partial charge in [0.2, 0.25) is 5.91 Å². The zero-order chi connectivity index (χ0) is 28.9. The van der Waals surface area contributed by atoms with Crippen LogP contribution in [0.2, 0.25) is 0 Å². The van der Waals surface area contributed by atoms with Crippen molar-refractivity contribution in [1.82, 2.24) is 14.5 Å². The number of rotatable bonds is 8. The molecule has 0 bridgehead atoms. The number of aliphatic hydroxyl groups is 1. The Morgan fingerprint density at radius 1 is 1.25 bits per heavy atom. The number of fused-ring (bicyclic) bond motifs is 1. The van der Waals surface area contributed by atoms with Crippen molar-refractivity contribution in [2.24, 2.45) is 5.92 Å². The van der Waals surface area contributed by atoms with Gasteiger partial charge in [0, 0.05) is 36.8 Å². The zero-order valence-electron chi connectivity index (χ0n) is 23.3. The summed E-state index contributed by atoms with van der Waals surface area (Å²) in [5.41, 5.74) is 1.12. The number of ether oxygens (including phenoxy) is 1. The Hall–Kier alpha value is -2.67. The molecule has 0 unspecified atom stereocenters. The van der Waals surface area contributed by atoms with Gasteiger partial charge < -0.3 is 25.4 Å². The van der Waals surface area contributed by atoms with E-state index in [-0.39, 0.29) is 47.7 Å². The number of nitrogens with zero attached hydrogens (tertiary/aromatic N) is 2. The molecule has 2 aromatic rings. The first-order valence-electron chi connectivity index (χ1n) is 13.9. The third-order valence-corrected chi connectivity index (χ3v) is 10.9. The van der Waals surface area contributed by atoms with E-state index in [0.29, 0.717) is 23.5 Å². The third-order valence-electron chi connectivity index (χ3n) is 7.71. The molecular weight excluding hydrogens is 552 g/mol. The van der Waals surface area contributed by atoms with Gasteiger partial charge in [-0.2, -0.15) is 4.31 Å². The average molecular weight is 593 g/mol. The fraction of sp³-hybridized carbons (Fsp3) is 0.571. The number of sulfonamides is 1. The Labute approximate surface area is 240 Å². The summed E-state index contributed by atoms with van der Waals surface area (Å²) in [6, 6.07) is 7.89. The first-order chi connectivity index (χ1) is 19.1. The van der Waals surface area contributed by atoms with Crippen LogP contribution in [0.1, 0.15) is 51.5 Å². The molecule has 0 saturated heterocycles. The number of benzene rings is 1. The van der Waals surface area contributed by atoms with E-state index >= 15 is 0 Å². The molecule has 10 nitrogen and oxygen atoms in total. The predicted octanol–water partition coefficient (Wildman–Crippen LogP) is 3.67. The van der Waals surface area contributed by atoms with Crippen molar-refractivity contribution in [2.75, 3.05) is 32.1 Å². The fourth-order valence-corrected chi connectivity index (χ4v) is 7.62. The number of aliphatic hydroxyl groups excluding tert-OH is 1. The summed E-state index contributed by atoms with van der Waals surface area (Å²) in [5.74, 6) is 0.0371. The molecule has 1 aromatic carbocycles. The molecule has 1 aromatic heterocycles. The molecule has 40 heavy (non-hydrogen) atoms. The molecule has 0 radical (unpaired) electrons. The molecule has 1 saturated carbocycles. The maximum absolute atomic E-state index is 13.4. The standard InChI is InChI=1S/C28H40N4O6S2/c1-19-16-32(20(2)18-33)26(34)15-21-14-23(30-28(35)29-22-8-5-4-6-9-22)11-12-24(21)38-25(19)17-31(3)40(36,37)27-10-7-13-39-27/h7,10-14,19-20,22,25,33H,4-6,8-9,15-18H2,1-3H3,(H2,29,30,35)/t19-,20+,25-/m1/s1. The highest BCUT2D eigenvalue weighted by Gasteiger charge is 2.33. The minimum atomic E-state index is -3.71. The Morgan fingerprint density at radius 3 is 2.67 bits per heavy atom. The van der Waals surface area contributed by atoms with Crippen LogP contribution in [0.4, 0.5) is 10.5 Å². The largest absolute Gasteiger partial charge is 0.488 e. The Bertz CT molecular complexity index is 1260. The molecule has 0 spiro atoms. The normalized spacial score (nSPS) is 21.5. The number of carbonyl (C=O) groups excluding carboxylic acids is 2. The van der Waals surface area contributed by atoms with Gasteiger partial charge in [-0.15, -0.1) is 11.3 Å². The number of thiophene rings is 1. The summed E-state index contributed by atoms with van der Waals surface area (Å²) in [7, 11) is -2.18. The van der Waals surface area contributed by atoms with Crippen molar-refractivity contribution in [1.29, 1.82) is 0 Å². The van der Waals surface area contributed by atoms with Crippen LogP contribution in [0.25, 0.3) is 0 Å². The lowest BCUT2D eigenvalue weighted by molar-refractivity contribution is -0.134. The molecule has 3 atom stereocenters. The molecule has 2 heterocycles. The number of carbonyl (C=O) groups is 2. The monoisotopic (exact) mass is 592 g/mol. The van der Waals surface area contributed by atoms with Crippen LogP contribution in [-0.2, 0) is 21.2 Å². The first-order valence-corrected chi connectivity index (χ1v) is 16.2. The van der Waals surface area contributed by atoms with E-state index in [1.807, 2.05) is 6.92 Å². The summed E-state index contributed by atoms with van der Waals surface area (Å²) in [4.78, 5) is 27.7. The van der Waals surface area contributed by atoms with Gasteiger partial charge in [-0.05, 0) is 49.4 Å². The SMILES string of the molecule is C[C@@H]1CN([C@@H](C)CO)C(=O)Cc2cc(NC(=O)NC3CCCCC3)ccc2O[C@@H]1CN(C)S(=O)(=O)c1cccs1. The minimum Gasteiger partial charge on any atom is -0.488 e. The van der Waals surface area contributed by atoms with E-state index in [1.165, 1.54) is 17.8 Å². The van der Waals surface area contributed by atoms with Gasteiger partial charge in [-0.1, -0.05) is 32.3 Å². The summed E-state index contributed by atoms with van der Waals surface area (Å²) >= 11 is 1.15. The lowest BCUT2D eigenvalue weighted by Gasteiger charge is -2.33. The molecule has 220 valence electrons. The second-order valence-corrected chi connectivity index (χ2v) is 14.1. The van der Waals surface area contributed by atoms with Crippen molar-refractivity contribution in [3.8, 4) is 5.75 Å². The topological polar surface area (TPSA) is 128 Å². The fourth-order valence-electron chi connectivity index (χ4n) is 5.24. The van der Waals surface area contributed by atoms with E-state index in [2.05, 4.69) is 10.6 Å². The van der Waals surface area contributed by atoms with E-state index in [4.69, 9.17) is 4.74 Å². The lowest BCUT2D eigenvalue weighted by Crippen LogP contribution is -2.48. The molecular formula is C28H40N4O6S2. The number of hydrogen-bond acceptors (Lipinski definition) is 7. The summed E-state index contributed by atoms with van der Waals surface area (Å²) in [6.07, 6.45) is 4.78. The van der Waals surface area contributed by atoms with Crippen molar-refractivity contribution in [3.05, 3.63) is 41.3 Å². The first kappa shape index (κ1) is 30.3. The smallest absolute Gasteiger partial charge is 0.319 e. The highest BCUT2D eigenvalue weighted by atomic mass is 32.2. The van der Waals surface area contributed by atoms with E-state index in [1.54, 1.807) is 47.5 Å². The quantitative estimate of drug-likeness (QED) is 0.429. The van der Waals surface area contributed by atoms with Crippen LogP contribution < -0.4 is 15.4 Å². The molecule has 1 aliphatic heterocycles. The zero-order valence-corrected chi connectivity index (χ0v) is 25.0. The Morgan fingerprint density at radius 2 is 2.00 bits per heavy atom. The van der Waals surface area contributed by atoms with Gasteiger partial charge in [-0.3, -0.25) is 4.79 Å². The van der Waals surface area contributed by atoms with E-state index in [0.717, 1.165) is 37.0 Å². The number of amides is 3. The van der Waals surface area contributed by atoms with Gasteiger partial charge in [0.05, 0.1) is 25.6 Å². The van der Waals surface area contributed by atoms with Gasteiger partial charge in [0.1, 0.15) is 16.1 Å². The number of nitrogens with one attached hydrogen (secondary N) is 2. The molecule has 1 aliphatic carbocycles. The Balaban J connectivity index is 1.58. The van der Waals surface area contributed by atoms with Crippen LogP contribution in [0.15, 0.2) is 39.9 Å². The average Bonchev–Trinajstić information content (AvgIpc) is 3.49. The summed E-state index contributed by atoms with van der Waals surface area (Å²) in [5, 5.41) is 17.5. The highest BCUT2D eigenvalue weighted by Crippen LogP contribution is 2.30. The molecule has 1 fully saturated rings. The van der Waals surface area contributed by atoms with Crippen molar-refractivity contribution >= 4 is 39.0 Å². The Kier molecular flexibility index (Phi) is 10.1. The summed E-state index contributed by atoms with van der Waals surface area (Å²) in [6.45, 7) is 3.85. The maximum atomic E-state index is 13.4. The number of likely N-dealkylation sites (N-methyl/N-ethyl adjacent to an activating group) is 1. The van der Waals surface area contributed by atoms with Gasteiger partial charge in [0.25, 0.3) is 10.0 Å². The maximum Gasteiger partial charge on any atom is 0.319 e. The van der Waals surface area contributed by atoms with Crippen molar-refractivity contribution in [2.45, 2.75) is 74.8 Å². The molecule has 12 heteroatoms. The van der Waals surface area contributed by atoms with Crippen LogP contribution in [-0.4, -0.2) is 79.6 Å². The van der Waals surface area contributed by atoms with Crippen LogP contribution >= 0.6 is 11.3 Å². The van der Waals surface area contributed by atoms with E-state index < -0.39 is 22.2 Å². The highest BCUT2D eigenvalue weighted by molar-refractivity contribution is 7.91. The second-order valence-electron chi connectivity index (χ2n) is 10.9. The van der Waals surface area contributed by atoms with Crippen LogP contribution in [0.5, 0.6) is 5.75 Å². The second kappa shape index (κ2) is 13.3. The van der Waals surface area contributed by atoms with Crippen LogP contribution in [0.3, 0.4) is 0 Å². The molecule has 3 N–H and O–H groups in total. The van der Waals surface area contributed by atoms with Gasteiger partial charge >= 0.3 is 6.03 Å². The van der Waals surface area contributed by atoms with E-state index in [9.17, 15) is 23.1 Å². The summed E-state index contributed by atoms with van der Waals surface area (Å²) < 4.78 is 34.2. The van der Waals surface area contributed by atoms with Crippen molar-refractivity contribution in [3.63, 3.8) is 0 Å². The number of urea groups is 1. The predicted molar refractivity (Wildman–Crippen MR) is 155 cm³/mol. The molecule has 4 rings (SSSR count). The van der Waals surface area contributed by atoms with Crippen molar-refractivity contribution < 1.29 is 27.9 Å². The van der Waals surface area contributed by atoms with Gasteiger partial charge in [0.15, 0.2) is 0 Å². The lowest BCUT2D eigenvalue weighted by atomic mass is 9.96. The van der Waals surface area contributed by atoms with Crippen LogP contribution in [0, 0.1) is 5.92 Å². The molecule has 2 aliphatic rings. The number of hydrogen-bond donors (Lipinski definition) is 3. The van der Waals surface area contributed by atoms with Gasteiger partial charge in [-0.25, -0.2) is 13.2 Å².